The third-order valence-electron chi connectivity index (χ3n) is 2.16. The highest BCUT2D eigenvalue weighted by Gasteiger charge is 2.03. The van der Waals surface area contributed by atoms with Crippen molar-refractivity contribution in [3.05, 3.63) is 23.0 Å². The van der Waals surface area contributed by atoms with Crippen molar-refractivity contribution in [3.63, 3.8) is 0 Å². The van der Waals surface area contributed by atoms with Gasteiger partial charge in [0, 0.05) is 11.9 Å². The molecule has 62 valence electrons. The quantitative estimate of drug-likeness (QED) is 0.683. The molecule has 0 unspecified atom stereocenters. The van der Waals surface area contributed by atoms with Gasteiger partial charge in [-0.15, -0.1) is 0 Å². The van der Waals surface area contributed by atoms with Crippen LogP contribution >= 0.6 is 0 Å². The van der Waals surface area contributed by atoms with E-state index in [0.717, 1.165) is 6.42 Å². The average molecular weight is 151 g/mol. The van der Waals surface area contributed by atoms with E-state index in [4.69, 9.17) is 0 Å². The van der Waals surface area contributed by atoms with Crippen LogP contribution in [0.2, 0.25) is 0 Å². The predicted molar refractivity (Wildman–Crippen MR) is 48.9 cm³/mol. The monoisotopic (exact) mass is 151 g/mol. The topological polar surface area (TPSA) is 15.8 Å². The Hall–Kier alpha value is -0.720. The number of hydrogen-bond acceptors (Lipinski definition) is 0. The van der Waals surface area contributed by atoms with Gasteiger partial charge in [-0.05, 0) is 30.9 Å². The van der Waals surface area contributed by atoms with Gasteiger partial charge < -0.3 is 4.98 Å². The molecule has 0 aromatic carbocycles. The summed E-state index contributed by atoms with van der Waals surface area (Å²) in [5.74, 6) is 0. The van der Waals surface area contributed by atoms with Crippen LogP contribution in [0.5, 0.6) is 0 Å². The maximum Gasteiger partial charge on any atom is 0.0179 e. The Kier molecular flexibility index (Phi) is 2.75. The molecular weight excluding hydrogens is 134 g/mol. The molecule has 1 rings (SSSR count). The van der Waals surface area contributed by atoms with E-state index in [-0.39, 0.29) is 0 Å². The van der Waals surface area contributed by atoms with Crippen molar-refractivity contribution in [2.75, 3.05) is 0 Å². The van der Waals surface area contributed by atoms with Crippen LogP contribution in [0.15, 0.2) is 6.20 Å². The molecule has 0 aliphatic heterocycles. The maximum atomic E-state index is 3.31. The van der Waals surface area contributed by atoms with E-state index in [9.17, 15) is 0 Å². The lowest BCUT2D eigenvalue weighted by molar-refractivity contribution is 0.888. The third-order valence-corrected chi connectivity index (χ3v) is 2.16. The van der Waals surface area contributed by atoms with Gasteiger partial charge in [-0.1, -0.05) is 20.3 Å². The summed E-state index contributed by atoms with van der Waals surface area (Å²) in [6, 6.07) is 0. The first kappa shape index (κ1) is 8.38. The minimum atomic E-state index is 1.13. The third kappa shape index (κ3) is 1.65. The molecule has 0 bridgehead atoms. The summed E-state index contributed by atoms with van der Waals surface area (Å²) in [4.78, 5) is 3.31. The smallest absolute Gasteiger partial charge is 0.0179 e. The molecule has 0 aliphatic carbocycles. The molecule has 0 spiro atoms. The zero-order valence-corrected chi connectivity index (χ0v) is 7.70. The van der Waals surface area contributed by atoms with Gasteiger partial charge in [0.25, 0.3) is 0 Å². The van der Waals surface area contributed by atoms with Gasteiger partial charge in [-0.2, -0.15) is 0 Å². The summed E-state index contributed by atoms with van der Waals surface area (Å²) in [6.45, 7) is 6.61. The minimum absolute atomic E-state index is 1.13. The van der Waals surface area contributed by atoms with Gasteiger partial charge in [0.2, 0.25) is 0 Å². The molecule has 1 heterocycles. The van der Waals surface area contributed by atoms with Crippen molar-refractivity contribution in [2.45, 2.75) is 40.0 Å². The largest absolute Gasteiger partial charge is 0.364 e. The van der Waals surface area contributed by atoms with Crippen LogP contribution in [-0.4, -0.2) is 4.98 Å². The fourth-order valence-corrected chi connectivity index (χ4v) is 1.52. The average Bonchev–Trinajstić information content (AvgIpc) is 2.34. The molecule has 1 N–H and O–H groups in total. The second-order valence-corrected chi connectivity index (χ2v) is 3.03. The fraction of sp³-hybridized carbons (Fsp3) is 0.600. The highest BCUT2D eigenvalue weighted by Crippen LogP contribution is 2.15. The van der Waals surface area contributed by atoms with Crippen molar-refractivity contribution in [3.8, 4) is 0 Å². The number of H-pyrrole nitrogens is 1. The number of rotatable bonds is 3. The Bertz CT molecular complexity index is 223. The van der Waals surface area contributed by atoms with E-state index in [1.807, 2.05) is 0 Å². The van der Waals surface area contributed by atoms with E-state index in [1.54, 1.807) is 0 Å². The molecule has 1 nitrogen and oxygen atoms in total. The summed E-state index contributed by atoms with van der Waals surface area (Å²) < 4.78 is 0. The Balaban J connectivity index is 2.88. The lowest BCUT2D eigenvalue weighted by Crippen LogP contribution is -1.90. The highest BCUT2D eigenvalue weighted by atomic mass is 14.7. The van der Waals surface area contributed by atoms with Crippen LogP contribution in [0, 0.1) is 6.92 Å². The van der Waals surface area contributed by atoms with E-state index < -0.39 is 0 Å². The summed E-state index contributed by atoms with van der Waals surface area (Å²) in [6.07, 6.45) is 5.71. The Morgan fingerprint density at radius 1 is 1.36 bits per heavy atom. The number of aryl methyl sites for hydroxylation is 2. The van der Waals surface area contributed by atoms with E-state index in [0.29, 0.717) is 0 Å². The second-order valence-electron chi connectivity index (χ2n) is 3.03. The zero-order chi connectivity index (χ0) is 8.27. The minimum Gasteiger partial charge on any atom is -0.364 e. The predicted octanol–water partition coefficient (Wildman–Crippen LogP) is 2.84. The molecule has 0 saturated carbocycles. The first-order valence-electron chi connectivity index (χ1n) is 4.45. The summed E-state index contributed by atoms with van der Waals surface area (Å²) in [5.41, 5.74) is 4.38. The lowest BCUT2D eigenvalue weighted by Gasteiger charge is -2.00. The van der Waals surface area contributed by atoms with Gasteiger partial charge in [0.05, 0.1) is 0 Å². The van der Waals surface area contributed by atoms with Gasteiger partial charge in [0.15, 0.2) is 0 Å². The molecule has 0 radical (unpaired) electrons. The molecule has 0 fully saturated rings. The Morgan fingerprint density at radius 2 is 2.09 bits per heavy atom. The van der Waals surface area contributed by atoms with Crippen molar-refractivity contribution in [1.29, 1.82) is 0 Å². The second kappa shape index (κ2) is 3.61. The van der Waals surface area contributed by atoms with Gasteiger partial charge >= 0.3 is 0 Å². The Morgan fingerprint density at radius 3 is 2.64 bits per heavy atom. The number of aromatic nitrogens is 1. The summed E-state index contributed by atoms with van der Waals surface area (Å²) in [5, 5.41) is 0. The molecular formula is C10H17N. The lowest BCUT2D eigenvalue weighted by atomic mass is 10.1. The first-order valence-corrected chi connectivity index (χ1v) is 4.45. The SMILES string of the molecule is CCCc1c(C)c[nH]c1CC. The van der Waals surface area contributed by atoms with Crippen LogP contribution in [0.4, 0.5) is 0 Å². The van der Waals surface area contributed by atoms with Crippen molar-refractivity contribution < 1.29 is 0 Å². The van der Waals surface area contributed by atoms with Crippen LogP contribution in [0.1, 0.15) is 37.1 Å². The molecule has 0 amide bonds. The van der Waals surface area contributed by atoms with Gasteiger partial charge in [0.1, 0.15) is 0 Å². The van der Waals surface area contributed by atoms with Crippen molar-refractivity contribution in [1.82, 2.24) is 4.98 Å². The molecule has 0 aliphatic rings. The summed E-state index contributed by atoms with van der Waals surface area (Å²) >= 11 is 0. The fourth-order valence-electron chi connectivity index (χ4n) is 1.52. The Labute approximate surface area is 68.8 Å². The van der Waals surface area contributed by atoms with Crippen molar-refractivity contribution in [2.24, 2.45) is 0 Å². The maximum absolute atomic E-state index is 3.31. The first-order chi connectivity index (χ1) is 5.29. The molecule has 1 aromatic rings. The standard InChI is InChI=1S/C10H17N/c1-4-6-9-8(3)7-11-10(9)5-2/h7,11H,4-6H2,1-3H3. The highest BCUT2D eigenvalue weighted by molar-refractivity contribution is 5.29. The van der Waals surface area contributed by atoms with Gasteiger partial charge in [-0.25, -0.2) is 0 Å². The molecule has 1 aromatic heterocycles. The molecule has 11 heavy (non-hydrogen) atoms. The van der Waals surface area contributed by atoms with Crippen LogP contribution < -0.4 is 0 Å². The van der Waals surface area contributed by atoms with Crippen LogP contribution in [0.3, 0.4) is 0 Å². The summed E-state index contributed by atoms with van der Waals surface area (Å²) in [7, 11) is 0. The van der Waals surface area contributed by atoms with E-state index >= 15 is 0 Å². The molecule has 0 atom stereocenters. The van der Waals surface area contributed by atoms with Crippen molar-refractivity contribution >= 4 is 0 Å². The normalized spacial score (nSPS) is 10.5. The van der Waals surface area contributed by atoms with Gasteiger partial charge in [-0.3, -0.25) is 0 Å². The number of aromatic amines is 1. The van der Waals surface area contributed by atoms with Crippen LogP contribution in [-0.2, 0) is 12.8 Å². The zero-order valence-electron chi connectivity index (χ0n) is 7.70. The van der Waals surface area contributed by atoms with E-state index in [1.165, 1.54) is 29.7 Å². The van der Waals surface area contributed by atoms with E-state index in [2.05, 4.69) is 32.0 Å². The van der Waals surface area contributed by atoms with Crippen LogP contribution in [0.25, 0.3) is 0 Å². The number of hydrogen-bond donors (Lipinski definition) is 1. The number of nitrogens with one attached hydrogen (secondary N) is 1. The molecule has 0 saturated heterocycles. The molecule has 1 heteroatoms.